The zero-order valence-corrected chi connectivity index (χ0v) is 14.0. The topological polar surface area (TPSA) is 41.1 Å². The van der Waals surface area contributed by atoms with Gasteiger partial charge in [0.1, 0.15) is 5.82 Å². The van der Waals surface area contributed by atoms with Gasteiger partial charge in [0.2, 0.25) is 5.95 Å². The third-order valence-corrected chi connectivity index (χ3v) is 5.32. The second kappa shape index (κ2) is 5.88. The maximum atomic E-state index is 4.77. The quantitative estimate of drug-likeness (QED) is 0.781. The van der Waals surface area contributed by atoms with Crippen molar-refractivity contribution in [1.29, 1.82) is 0 Å². The van der Waals surface area contributed by atoms with E-state index >= 15 is 0 Å². The Labute approximate surface area is 147 Å². The molecule has 4 heteroatoms. The van der Waals surface area contributed by atoms with E-state index in [4.69, 9.17) is 4.98 Å². The third kappa shape index (κ3) is 2.54. The molecule has 25 heavy (non-hydrogen) atoms. The highest BCUT2D eigenvalue weighted by Crippen LogP contribution is 2.51. The number of nitrogens with zero attached hydrogens (tertiary/aromatic N) is 3. The van der Waals surface area contributed by atoms with Gasteiger partial charge in [0, 0.05) is 25.2 Å². The molecule has 1 aliphatic carbocycles. The van der Waals surface area contributed by atoms with E-state index in [0.717, 1.165) is 18.9 Å². The van der Waals surface area contributed by atoms with E-state index in [0.29, 0.717) is 17.9 Å². The summed E-state index contributed by atoms with van der Waals surface area (Å²) in [6.45, 7) is 1.79. The van der Waals surface area contributed by atoms with Crippen molar-refractivity contribution in [1.82, 2.24) is 9.97 Å². The van der Waals surface area contributed by atoms with Crippen LogP contribution in [-0.4, -0.2) is 16.5 Å². The van der Waals surface area contributed by atoms with Crippen molar-refractivity contribution in [3.8, 4) is 0 Å². The van der Waals surface area contributed by atoms with Gasteiger partial charge in [0.05, 0.1) is 6.04 Å². The van der Waals surface area contributed by atoms with Crippen LogP contribution in [0.5, 0.6) is 0 Å². The normalized spacial score (nSPS) is 20.6. The lowest BCUT2D eigenvalue weighted by Gasteiger charge is -2.30. The highest BCUT2D eigenvalue weighted by molar-refractivity contribution is 5.54. The molecular weight excluding hydrogens is 308 g/mol. The van der Waals surface area contributed by atoms with Crippen LogP contribution < -0.4 is 10.2 Å². The van der Waals surface area contributed by atoms with Crippen LogP contribution in [0.2, 0.25) is 0 Å². The van der Waals surface area contributed by atoms with E-state index in [-0.39, 0.29) is 0 Å². The van der Waals surface area contributed by atoms with Crippen molar-refractivity contribution in [2.45, 2.75) is 24.9 Å². The summed E-state index contributed by atoms with van der Waals surface area (Å²) in [6, 6.07) is 21.7. The van der Waals surface area contributed by atoms with E-state index in [9.17, 15) is 0 Å². The van der Waals surface area contributed by atoms with Crippen LogP contribution in [0, 0.1) is 0 Å². The summed E-state index contributed by atoms with van der Waals surface area (Å²) >= 11 is 0. The average molecular weight is 328 g/mol. The SMILES string of the molecule is c1ccc(CNc2nccc(N3C[C@H]4C[C@H]3c3ccccc34)n2)cc1. The van der Waals surface area contributed by atoms with Gasteiger partial charge in [0.15, 0.2) is 0 Å². The Kier molecular flexibility index (Phi) is 3.40. The maximum Gasteiger partial charge on any atom is 0.224 e. The molecule has 1 aliphatic heterocycles. The minimum Gasteiger partial charge on any atom is -0.350 e. The second-order valence-electron chi connectivity index (χ2n) is 6.81. The Balaban J connectivity index is 1.36. The van der Waals surface area contributed by atoms with Gasteiger partial charge in [0.25, 0.3) is 0 Å². The molecule has 5 rings (SSSR count). The summed E-state index contributed by atoms with van der Waals surface area (Å²) in [5, 5.41) is 3.34. The van der Waals surface area contributed by atoms with Crippen LogP contribution in [0.1, 0.15) is 35.1 Å². The number of hydrogen-bond acceptors (Lipinski definition) is 4. The molecule has 0 radical (unpaired) electrons. The van der Waals surface area contributed by atoms with Crippen LogP contribution in [0.3, 0.4) is 0 Å². The van der Waals surface area contributed by atoms with Gasteiger partial charge in [-0.1, -0.05) is 54.6 Å². The van der Waals surface area contributed by atoms with Gasteiger partial charge >= 0.3 is 0 Å². The molecule has 1 aromatic heterocycles. The van der Waals surface area contributed by atoms with Crippen molar-refractivity contribution < 1.29 is 0 Å². The van der Waals surface area contributed by atoms with Crippen LogP contribution >= 0.6 is 0 Å². The first kappa shape index (κ1) is 14.5. The monoisotopic (exact) mass is 328 g/mol. The fourth-order valence-corrected chi connectivity index (χ4v) is 4.17. The summed E-state index contributed by atoms with van der Waals surface area (Å²) in [6.07, 6.45) is 3.06. The number of nitrogens with one attached hydrogen (secondary N) is 1. The zero-order chi connectivity index (χ0) is 16.6. The van der Waals surface area contributed by atoms with Crippen molar-refractivity contribution in [3.05, 3.63) is 83.6 Å². The molecule has 2 atom stereocenters. The van der Waals surface area contributed by atoms with Gasteiger partial charge in [-0.3, -0.25) is 0 Å². The molecule has 2 heterocycles. The van der Waals surface area contributed by atoms with Crippen molar-refractivity contribution in [2.75, 3.05) is 16.8 Å². The Morgan fingerprint density at radius 1 is 0.960 bits per heavy atom. The van der Waals surface area contributed by atoms with Gasteiger partial charge < -0.3 is 10.2 Å². The first-order chi connectivity index (χ1) is 12.4. The van der Waals surface area contributed by atoms with Crippen LogP contribution in [0.25, 0.3) is 0 Å². The minimum atomic E-state index is 0.457. The van der Waals surface area contributed by atoms with E-state index in [1.807, 2.05) is 30.5 Å². The highest BCUT2D eigenvalue weighted by Gasteiger charge is 2.42. The van der Waals surface area contributed by atoms with Crippen molar-refractivity contribution in [3.63, 3.8) is 0 Å². The number of rotatable bonds is 4. The molecule has 3 aromatic rings. The molecule has 2 aliphatic rings. The molecule has 0 spiro atoms. The summed E-state index contributed by atoms with van der Waals surface area (Å²) in [4.78, 5) is 11.6. The predicted molar refractivity (Wildman–Crippen MR) is 99.7 cm³/mol. The fraction of sp³-hybridized carbons (Fsp3) is 0.238. The molecule has 0 amide bonds. The number of fused-ring (bicyclic) bond motifs is 5. The van der Waals surface area contributed by atoms with Gasteiger partial charge in [-0.2, -0.15) is 4.98 Å². The smallest absolute Gasteiger partial charge is 0.224 e. The molecule has 2 bridgehead atoms. The molecule has 124 valence electrons. The van der Waals surface area contributed by atoms with Gasteiger partial charge in [-0.25, -0.2) is 4.98 Å². The number of benzene rings is 2. The standard InChI is InChI=1S/C21H20N4/c1-2-6-15(7-3-1)13-23-21-22-11-10-20(24-21)25-14-16-12-19(25)18-9-5-4-8-17(16)18/h1-11,16,19H,12-14H2,(H,22,23,24)/t16-,19+/m1/s1. The zero-order valence-electron chi connectivity index (χ0n) is 14.0. The molecule has 2 aromatic carbocycles. The van der Waals surface area contributed by atoms with E-state index in [1.165, 1.54) is 23.1 Å². The lowest BCUT2D eigenvalue weighted by atomic mass is 9.99. The molecule has 1 saturated heterocycles. The number of hydrogen-bond donors (Lipinski definition) is 1. The first-order valence-electron chi connectivity index (χ1n) is 8.85. The first-order valence-corrected chi connectivity index (χ1v) is 8.85. The van der Waals surface area contributed by atoms with Crippen LogP contribution in [-0.2, 0) is 6.54 Å². The third-order valence-electron chi connectivity index (χ3n) is 5.32. The molecular formula is C21H20N4. The molecule has 0 unspecified atom stereocenters. The van der Waals surface area contributed by atoms with E-state index in [1.54, 1.807) is 0 Å². The number of anilines is 2. The predicted octanol–water partition coefficient (Wildman–Crippen LogP) is 4.14. The Hall–Kier alpha value is -2.88. The highest BCUT2D eigenvalue weighted by atomic mass is 15.3. The summed E-state index contributed by atoms with van der Waals surface area (Å²) in [7, 11) is 0. The Morgan fingerprint density at radius 2 is 1.76 bits per heavy atom. The Bertz CT molecular complexity index is 893. The maximum absolute atomic E-state index is 4.77. The summed E-state index contributed by atoms with van der Waals surface area (Å²) in [5.74, 6) is 2.35. The molecule has 1 N–H and O–H groups in total. The molecule has 0 saturated carbocycles. The van der Waals surface area contributed by atoms with Crippen LogP contribution in [0.4, 0.5) is 11.8 Å². The van der Waals surface area contributed by atoms with E-state index < -0.39 is 0 Å². The molecule has 4 nitrogen and oxygen atoms in total. The summed E-state index contributed by atoms with van der Waals surface area (Å²) in [5.41, 5.74) is 4.22. The minimum absolute atomic E-state index is 0.457. The van der Waals surface area contributed by atoms with Crippen molar-refractivity contribution in [2.24, 2.45) is 0 Å². The number of aromatic nitrogens is 2. The average Bonchev–Trinajstić information content (AvgIpc) is 3.27. The van der Waals surface area contributed by atoms with Gasteiger partial charge in [-0.05, 0) is 29.2 Å². The van der Waals surface area contributed by atoms with E-state index in [2.05, 4.69) is 51.6 Å². The van der Waals surface area contributed by atoms with Crippen LogP contribution in [0.15, 0.2) is 66.9 Å². The van der Waals surface area contributed by atoms with Crippen molar-refractivity contribution >= 4 is 11.8 Å². The van der Waals surface area contributed by atoms with Gasteiger partial charge in [-0.15, -0.1) is 0 Å². The largest absolute Gasteiger partial charge is 0.350 e. The fourth-order valence-electron chi connectivity index (χ4n) is 4.17. The summed E-state index contributed by atoms with van der Waals surface area (Å²) < 4.78 is 0. The Morgan fingerprint density at radius 3 is 2.64 bits per heavy atom. The lowest BCUT2D eigenvalue weighted by Crippen LogP contribution is -2.28. The molecule has 1 fully saturated rings. The lowest BCUT2D eigenvalue weighted by molar-refractivity contribution is 0.729. The second-order valence-corrected chi connectivity index (χ2v) is 6.81.